The highest BCUT2D eigenvalue weighted by atomic mass is 32.1. The van der Waals surface area contributed by atoms with Gasteiger partial charge in [-0.05, 0) is 24.8 Å². The van der Waals surface area contributed by atoms with Gasteiger partial charge in [-0.25, -0.2) is 9.78 Å². The molecule has 0 unspecified atom stereocenters. The highest BCUT2D eigenvalue weighted by Crippen LogP contribution is 2.17. The maximum absolute atomic E-state index is 11.7. The molecule has 0 bridgehead atoms. The monoisotopic (exact) mass is 278 g/mol. The third kappa shape index (κ3) is 4.40. The molecule has 2 aromatic rings. The quantitative estimate of drug-likeness (QED) is 0.797. The van der Waals surface area contributed by atoms with Crippen molar-refractivity contribution < 1.29 is 4.79 Å². The summed E-state index contributed by atoms with van der Waals surface area (Å²) in [6.45, 7) is 3.50. The molecule has 0 aliphatic heterocycles. The molecular weight excluding hydrogens is 260 g/mol. The van der Waals surface area contributed by atoms with Gasteiger partial charge in [0, 0.05) is 30.4 Å². The maximum Gasteiger partial charge on any atom is 0.315 e. The number of carbonyl (C=O) groups is 1. The van der Waals surface area contributed by atoms with Gasteiger partial charge in [0.05, 0.1) is 12.4 Å². The molecule has 0 aliphatic rings. The van der Waals surface area contributed by atoms with E-state index in [2.05, 4.69) is 15.6 Å². The molecule has 6 heteroatoms. The third-order valence-corrected chi connectivity index (χ3v) is 3.81. The molecular formula is C13H18N4OS. The second kappa shape index (κ2) is 6.94. The van der Waals surface area contributed by atoms with Gasteiger partial charge in [-0.15, -0.1) is 11.3 Å². The van der Waals surface area contributed by atoms with Gasteiger partial charge in [0.15, 0.2) is 0 Å². The van der Waals surface area contributed by atoms with Gasteiger partial charge >= 0.3 is 6.03 Å². The van der Waals surface area contributed by atoms with Crippen molar-refractivity contribution in [1.29, 1.82) is 0 Å². The van der Waals surface area contributed by atoms with Crippen molar-refractivity contribution in [3.8, 4) is 0 Å². The molecule has 2 aromatic heterocycles. The number of imidazole rings is 1. The number of aromatic nitrogens is 2. The molecule has 0 spiro atoms. The molecule has 0 aliphatic carbocycles. The van der Waals surface area contributed by atoms with E-state index in [4.69, 9.17) is 0 Å². The first kappa shape index (κ1) is 13.6. The lowest BCUT2D eigenvalue weighted by molar-refractivity contribution is 0.238. The Morgan fingerprint density at radius 3 is 3.16 bits per heavy atom. The molecule has 2 amide bonds. The lowest BCUT2D eigenvalue weighted by Gasteiger charge is -2.13. The van der Waals surface area contributed by atoms with Gasteiger partial charge < -0.3 is 15.2 Å². The van der Waals surface area contributed by atoms with Crippen LogP contribution in [0.15, 0.2) is 36.2 Å². The molecule has 0 saturated heterocycles. The minimum atomic E-state index is -0.119. The van der Waals surface area contributed by atoms with Crippen LogP contribution in [0.25, 0.3) is 0 Å². The van der Waals surface area contributed by atoms with Gasteiger partial charge in [-0.1, -0.05) is 6.07 Å². The summed E-state index contributed by atoms with van der Waals surface area (Å²) >= 11 is 1.65. The van der Waals surface area contributed by atoms with Crippen LogP contribution in [0, 0.1) is 0 Å². The number of urea groups is 1. The molecule has 0 aromatic carbocycles. The minimum absolute atomic E-state index is 0.0497. The molecule has 1 atom stereocenters. The summed E-state index contributed by atoms with van der Waals surface area (Å²) in [5.74, 6) is 0. The Hall–Kier alpha value is -1.82. The highest BCUT2D eigenvalue weighted by Gasteiger charge is 2.09. The summed E-state index contributed by atoms with van der Waals surface area (Å²) in [7, 11) is 0. The van der Waals surface area contributed by atoms with Crippen molar-refractivity contribution >= 4 is 17.4 Å². The zero-order chi connectivity index (χ0) is 13.5. The van der Waals surface area contributed by atoms with E-state index in [9.17, 15) is 4.79 Å². The van der Waals surface area contributed by atoms with Crippen LogP contribution >= 0.6 is 11.3 Å². The van der Waals surface area contributed by atoms with Gasteiger partial charge in [-0.3, -0.25) is 0 Å². The van der Waals surface area contributed by atoms with Gasteiger partial charge in [0.25, 0.3) is 0 Å². The van der Waals surface area contributed by atoms with Crippen molar-refractivity contribution in [3.05, 3.63) is 41.1 Å². The third-order valence-electron chi connectivity index (χ3n) is 2.76. The fraction of sp³-hybridized carbons (Fsp3) is 0.385. The van der Waals surface area contributed by atoms with Crippen molar-refractivity contribution in [1.82, 2.24) is 20.2 Å². The van der Waals surface area contributed by atoms with Gasteiger partial charge in [0.2, 0.25) is 0 Å². The smallest absolute Gasteiger partial charge is 0.315 e. The zero-order valence-electron chi connectivity index (χ0n) is 10.9. The Bertz CT molecular complexity index is 481. The van der Waals surface area contributed by atoms with Crippen LogP contribution in [0.5, 0.6) is 0 Å². The van der Waals surface area contributed by atoms with E-state index in [1.165, 1.54) is 0 Å². The first-order chi connectivity index (χ1) is 9.25. The second-order valence-corrected chi connectivity index (χ2v) is 5.27. The summed E-state index contributed by atoms with van der Waals surface area (Å²) in [5, 5.41) is 7.79. The van der Waals surface area contributed by atoms with E-state index in [0.29, 0.717) is 6.54 Å². The van der Waals surface area contributed by atoms with Crippen LogP contribution < -0.4 is 10.6 Å². The topological polar surface area (TPSA) is 59.0 Å². The predicted molar refractivity (Wildman–Crippen MR) is 76.1 cm³/mol. The Morgan fingerprint density at radius 2 is 2.47 bits per heavy atom. The van der Waals surface area contributed by atoms with Crippen molar-refractivity contribution in [2.45, 2.75) is 25.9 Å². The average Bonchev–Trinajstić information content (AvgIpc) is 3.07. The minimum Gasteiger partial charge on any atom is -0.338 e. The van der Waals surface area contributed by atoms with Gasteiger partial charge in [0.1, 0.15) is 0 Å². The number of rotatable bonds is 6. The highest BCUT2D eigenvalue weighted by molar-refractivity contribution is 7.10. The maximum atomic E-state index is 11.7. The lowest BCUT2D eigenvalue weighted by Crippen LogP contribution is -2.37. The summed E-state index contributed by atoms with van der Waals surface area (Å²) in [4.78, 5) is 16.8. The SMILES string of the molecule is C[C@H](NC(=O)NCCCn1ccnc1)c1cccs1. The van der Waals surface area contributed by atoms with E-state index in [-0.39, 0.29) is 12.1 Å². The van der Waals surface area contributed by atoms with E-state index in [1.54, 1.807) is 23.9 Å². The van der Waals surface area contributed by atoms with E-state index >= 15 is 0 Å². The average molecular weight is 278 g/mol. The standard InChI is InChI=1S/C13H18N4OS/c1-11(12-4-2-9-19-12)16-13(18)15-5-3-7-17-8-6-14-10-17/h2,4,6,8-11H,3,5,7H2,1H3,(H2,15,16,18)/t11-/m0/s1. The number of hydrogen-bond donors (Lipinski definition) is 2. The number of thiophene rings is 1. The number of hydrogen-bond acceptors (Lipinski definition) is 3. The number of carbonyl (C=O) groups excluding carboxylic acids is 1. The number of amides is 2. The molecule has 19 heavy (non-hydrogen) atoms. The molecule has 2 heterocycles. The molecule has 0 radical (unpaired) electrons. The predicted octanol–water partition coefficient (Wildman–Crippen LogP) is 2.40. The Kier molecular flexibility index (Phi) is 4.97. The van der Waals surface area contributed by atoms with Crippen molar-refractivity contribution in [3.63, 3.8) is 0 Å². The van der Waals surface area contributed by atoms with Crippen LogP contribution in [-0.4, -0.2) is 22.1 Å². The second-order valence-electron chi connectivity index (χ2n) is 4.29. The number of aryl methyl sites for hydroxylation is 1. The van der Waals surface area contributed by atoms with Crippen LogP contribution in [-0.2, 0) is 6.54 Å². The van der Waals surface area contributed by atoms with Crippen LogP contribution in [0.3, 0.4) is 0 Å². The summed E-state index contributed by atoms with van der Waals surface area (Å²) in [6.07, 6.45) is 6.33. The first-order valence-electron chi connectivity index (χ1n) is 6.29. The van der Waals surface area contributed by atoms with E-state index in [0.717, 1.165) is 17.8 Å². The Morgan fingerprint density at radius 1 is 1.58 bits per heavy atom. The largest absolute Gasteiger partial charge is 0.338 e. The van der Waals surface area contributed by atoms with Gasteiger partial charge in [-0.2, -0.15) is 0 Å². The molecule has 5 nitrogen and oxygen atoms in total. The summed E-state index contributed by atoms with van der Waals surface area (Å²) in [5.41, 5.74) is 0. The van der Waals surface area contributed by atoms with Crippen molar-refractivity contribution in [2.75, 3.05) is 6.54 Å². The fourth-order valence-electron chi connectivity index (χ4n) is 1.74. The van der Waals surface area contributed by atoms with Crippen LogP contribution in [0.1, 0.15) is 24.3 Å². The van der Waals surface area contributed by atoms with E-state index in [1.807, 2.05) is 35.2 Å². The zero-order valence-corrected chi connectivity index (χ0v) is 11.7. The Labute approximate surface area is 116 Å². The number of nitrogens with zero attached hydrogens (tertiary/aromatic N) is 2. The Balaban J connectivity index is 1.62. The normalized spacial score (nSPS) is 12.1. The van der Waals surface area contributed by atoms with E-state index < -0.39 is 0 Å². The molecule has 102 valence electrons. The first-order valence-corrected chi connectivity index (χ1v) is 7.17. The molecule has 0 fully saturated rings. The van der Waals surface area contributed by atoms with Crippen molar-refractivity contribution in [2.24, 2.45) is 0 Å². The summed E-state index contributed by atoms with van der Waals surface area (Å²) < 4.78 is 1.99. The molecule has 2 rings (SSSR count). The summed E-state index contributed by atoms with van der Waals surface area (Å²) in [6, 6.07) is 3.94. The van der Waals surface area contributed by atoms with Crippen LogP contribution in [0.4, 0.5) is 4.79 Å². The van der Waals surface area contributed by atoms with Crippen LogP contribution in [0.2, 0.25) is 0 Å². The molecule has 2 N–H and O–H groups in total. The fourth-order valence-corrected chi connectivity index (χ4v) is 2.47. The lowest BCUT2D eigenvalue weighted by atomic mass is 10.3. The molecule has 0 saturated carbocycles. The number of nitrogens with one attached hydrogen (secondary N) is 2.